The summed E-state index contributed by atoms with van der Waals surface area (Å²) in [5.74, 6) is 0. The largest absolute Gasteiger partial charge is 0.279 e. The summed E-state index contributed by atoms with van der Waals surface area (Å²) in [4.78, 5) is 2.46. The van der Waals surface area contributed by atoms with Gasteiger partial charge in [-0.05, 0) is 12.1 Å². The van der Waals surface area contributed by atoms with Crippen molar-refractivity contribution in [3.63, 3.8) is 0 Å². The van der Waals surface area contributed by atoms with Gasteiger partial charge in [0.05, 0.1) is 19.8 Å². The molecule has 0 aromatic heterocycles. The third kappa shape index (κ3) is 1.02. The van der Waals surface area contributed by atoms with E-state index in [0.717, 1.165) is 4.48 Å². The van der Waals surface area contributed by atoms with Gasteiger partial charge in [-0.1, -0.05) is 36.9 Å². The molecule has 0 N–H and O–H groups in total. The Kier molecular flexibility index (Phi) is 1.96. The Labute approximate surface area is 120 Å². The van der Waals surface area contributed by atoms with Crippen molar-refractivity contribution < 1.29 is 0 Å². The molecule has 0 saturated heterocycles. The first kappa shape index (κ1) is 11.7. The second kappa shape index (κ2) is 3.33. The number of hydrogen-bond acceptors (Lipinski definition) is 1. The lowest BCUT2D eigenvalue weighted by Crippen LogP contribution is -2.61. The average Bonchev–Trinajstić information content (AvgIpc) is 2.79. The summed E-state index contributed by atoms with van der Waals surface area (Å²) in [6, 6.07) is 17.3. The van der Waals surface area contributed by atoms with Crippen molar-refractivity contribution in [1.29, 1.82) is 0 Å². The van der Waals surface area contributed by atoms with Crippen molar-refractivity contribution in [1.82, 2.24) is 4.48 Å². The third-order valence-corrected chi connectivity index (χ3v) is 5.29. The number of para-hydroxylation sites is 3. The molecule has 2 heterocycles. The van der Waals surface area contributed by atoms with Gasteiger partial charge in [-0.2, -0.15) is 0 Å². The van der Waals surface area contributed by atoms with Crippen molar-refractivity contribution >= 4 is 22.6 Å². The molecular formula is C18H19N2+. The Bertz CT molecular complexity index is 745. The van der Waals surface area contributed by atoms with Gasteiger partial charge in [0.1, 0.15) is 5.69 Å². The quantitative estimate of drug-likeness (QED) is 0.645. The summed E-state index contributed by atoms with van der Waals surface area (Å²) < 4.78 is 0.802. The van der Waals surface area contributed by atoms with Crippen LogP contribution in [-0.4, -0.2) is 19.8 Å². The van der Waals surface area contributed by atoms with E-state index in [1.807, 2.05) is 0 Å². The highest BCUT2D eigenvalue weighted by Gasteiger charge is 2.61. The van der Waals surface area contributed by atoms with Crippen molar-refractivity contribution in [2.24, 2.45) is 0 Å². The highest BCUT2D eigenvalue weighted by molar-refractivity contribution is 6.00. The Morgan fingerprint density at radius 2 is 1.55 bits per heavy atom. The van der Waals surface area contributed by atoms with Gasteiger partial charge in [-0.25, -0.2) is 0 Å². The number of hydrogen-bond donors (Lipinski definition) is 0. The number of anilines is 2. The molecule has 4 rings (SSSR count). The molecule has 2 nitrogen and oxygen atoms in total. The third-order valence-electron chi connectivity index (χ3n) is 5.29. The zero-order chi connectivity index (χ0) is 14.1. The highest BCUT2D eigenvalue weighted by Crippen LogP contribution is 2.61. The fourth-order valence-electron chi connectivity index (χ4n) is 3.86. The fourth-order valence-corrected chi connectivity index (χ4v) is 3.86. The molecule has 0 spiro atoms. The molecule has 1 atom stereocenters. The molecule has 0 amide bonds. The molecule has 0 unspecified atom stereocenters. The summed E-state index contributed by atoms with van der Waals surface area (Å²) in [5.41, 5.74) is 6.26. The maximum atomic E-state index is 4.43. The Morgan fingerprint density at radius 1 is 0.950 bits per heavy atom. The lowest BCUT2D eigenvalue weighted by atomic mass is 9.97. The van der Waals surface area contributed by atoms with Gasteiger partial charge in [-0.3, -0.25) is 9.38 Å². The first-order valence-corrected chi connectivity index (χ1v) is 7.02. The van der Waals surface area contributed by atoms with Crippen molar-refractivity contribution in [2.45, 2.75) is 12.6 Å². The van der Waals surface area contributed by atoms with Gasteiger partial charge in [0.2, 0.25) is 5.66 Å². The first-order chi connectivity index (χ1) is 9.49. The summed E-state index contributed by atoms with van der Waals surface area (Å²) in [5, 5.41) is 0. The number of quaternary nitrogens is 1. The predicted molar refractivity (Wildman–Crippen MR) is 86.1 cm³/mol. The highest BCUT2D eigenvalue weighted by atomic mass is 15.6. The van der Waals surface area contributed by atoms with Crippen molar-refractivity contribution in [2.75, 3.05) is 19.0 Å². The normalized spacial score (nSPS) is 25.4. The number of nitrogens with zero attached hydrogens (tertiary/aromatic N) is 2. The standard InChI is InChI=1S/C18H19N2/c1-13-14-9-5-6-10-15(14)19-16-11-7-8-12-17(16)20(3,4)18(13,19)2/h5-12H,1H2,2-4H3/q+1/t18-/m0/s1. The number of likely N-dealkylation sites (N-methyl/N-ethyl adjacent to an activating group) is 1. The van der Waals surface area contributed by atoms with Crippen LogP contribution in [0.4, 0.5) is 17.1 Å². The second-order valence-corrected chi connectivity index (χ2v) is 6.29. The van der Waals surface area contributed by atoms with Crippen LogP contribution < -0.4 is 9.38 Å². The smallest absolute Gasteiger partial charge is 0.207 e. The van der Waals surface area contributed by atoms with Gasteiger partial charge in [0, 0.05) is 24.1 Å². The molecule has 2 aromatic rings. The van der Waals surface area contributed by atoms with E-state index in [1.54, 1.807) is 0 Å². The van der Waals surface area contributed by atoms with E-state index in [0.29, 0.717) is 0 Å². The summed E-state index contributed by atoms with van der Waals surface area (Å²) in [7, 11) is 4.55. The van der Waals surface area contributed by atoms with Crippen LogP contribution in [0.1, 0.15) is 12.5 Å². The predicted octanol–water partition coefficient (Wildman–Crippen LogP) is 4.15. The van der Waals surface area contributed by atoms with Crippen LogP contribution in [0.25, 0.3) is 5.57 Å². The molecule has 2 aliphatic heterocycles. The summed E-state index contributed by atoms with van der Waals surface area (Å²) in [6.07, 6.45) is 0. The Morgan fingerprint density at radius 3 is 2.30 bits per heavy atom. The van der Waals surface area contributed by atoms with Crippen LogP contribution in [0.5, 0.6) is 0 Å². The molecule has 100 valence electrons. The molecule has 0 radical (unpaired) electrons. The minimum atomic E-state index is -0.145. The van der Waals surface area contributed by atoms with Crippen LogP contribution in [-0.2, 0) is 0 Å². The summed E-state index contributed by atoms with van der Waals surface area (Å²) in [6.45, 7) is 6.73. The van der Waals surface area contributed by atoms with Crippen LogP contribution >= 0.6 is 0 Å². The van der Waals surface area contributed by atoms with E-state index >= 15 is 0 Å². The van der Waals surface area contributed by atoms with E-state index < -0.39 is 0 Å². The first-order valence-electron chi connectivity index (χ1n) is 7.02. The van der Waals surface area contributed by atoms with Gasteiger partial charge in [-0.15, -0.1) is 0 Å². The molecule has 0 saturated carbocycles. The molecule has 20 heavy (non-hydrogen) atoms. The van der Waals surface area contributed by atoms with Gasteiger partial charge in [0.15, 0.2) is 5.69 Å². The fraction of sp³-hybridized carbons (Fsp3) is 0.222. The van der Waals surface area contributed by atoms with E-state index in [1.165, 1.54) is 28.2 Å². The van der Waals surface area contributed by atoms with E-state index in [4.69, 9.17) is 0 Å². The van der Waals surface area contributed by atoms with Crippen LogP contribution in [0, 0.1) is 0 Å². The molecule has 2 heteroatoms. The molecule has 0 fully saturated rings. The molecular weight excluding hydrogens is 244 g/mol. The molecule has 0 aliphatic carbocycles. The zero-order valence-electron chi connectivity index (χ0n) is 12.2. The SMILES string of the molecule is C=C1c2ccccc2N2c3ccccc3[N+](C)(C)[C@@]12C. The Hall–Kier alpha value is -2.06. The number of fused-ring (bicyclic) bond motifs is 5. The monoisotopic (exact) mass is 263 g/mol. The number of rotatable bonds is 0. The van der Waals surface area contributed by atoms with Crippen molar-refractivity contribution in [3.8, 4) is 0 Å². The topological polar surface area (TPSA) is 3.24 Å². The van der Waals surface area contributed by atoms with Gasteiger partial charge in [0.25, 0.3) is 0 Å². The van der Waals surface area contributed by atoms with E-state index in [-0.39, 0.29) is 5.66 Å². The van der Waals surface area contributed by atoms with Crippen LogP contribution in [0.2, 0.25) is 0 Å². The minimum Gasteiger partial charge on any atom is -0.279 e. The minimum absolute atomic E-state index is 0.145. The maximum Gasteiger partial charge on any atom is 0.207 e. The lowest BCUT2D eigenvalue weighted by molar-refractivity contribution is 0.275. The average molecular weight is 263 g/mol. The van der Waals surface area contributed by atoms with Crippen LogP contribution in [0.3, 0.4) is 0 Å². The zero-order valence-corrected chi connectivity index (χ0v) is 12.2. The van der Waals surface area contributed by atoms with E-state index in [9.17, 15) is 0 Å². The second-order valence-electron chi connectivity index (χ2n) is 6.29. The van der Waals surface area contributed by atoms with E-state index in [2.05, 4.69) is 81.0 Å². The lowest BCUT2D eigenvalue weighted by Gasteiger charge is -2.41. The molecule has 2 aromatic carbocycles. The maximum absolute atomic E-state index is 4.43. The van der Waals surface area contributed by atoms with Crippen molar-refractivity contribution in [3.05, 3.63) is 60.7 Å². The Balaban J connectivity index is 2.11. The number of benzene rings is 2. The van der Waals surface area contributed by atoms with Gasteiger partial charge < -0.3 is 0 Å². The summed E-state index contributed by atoms with van der Waals surface area (Å²) >= 11 is 0. The molecule has 0 bridgehead atoms. The van der Waals surface area contributed by atoms with Gasteiger partial charge >= 0.3 is 0 Å². The molecule has 2 aliphatic rings. The van der Waals surface area contributed by atoms with Crippen LogP contribution in [0.15, 0.2) is 55.1 Å².